The molecule has 0 aromatic heterocycles. The standard InChI is InChI=1S/C11H18O4/c12-10(13)6-9-7-14-8-11(15-9)4-2-1-3-5-11/h9H,1-8H2,(H,12,13). The predicted molar refractivity (Wildman–Crippen MR) is 53.8 cm³/mol. The third-order valence-corrected chi connectivity index (χ3v) is 3.25. The molecule has 4 nitrogen and oxygen atoms in total. The largest absolute Gasteiger partial charge is 0.481 e. The average molecular weight is 214 g/mol. The van der Waals surface area contributed by atoms with Crippen molar-refractivity contribution in [1.29, 1.82) is 0 Å². The SMILES string of the molecule is O=C(O)CC1COCC2(CCCCC2)O1. The second-order valence-corrected chi connectivity index (χ2v) is 4.60. The van der Waals surface area contributed by atoms with Crippen molar-refractivity contribution in [2.24, 2.45) is 0 Å². The Morgan fingerprint density at radius 1 is 1.33 bits per heavy atom. The molecule has 1 unspecified atom stereocenters. The van der Waals surface area contributed by atoms with E-state index in [0.29, 0.717) is 13.2 Å². The van der Waals surface area contributed by atoms with Crippen LogP contribution in [0.4, 0.5) is 0 Å². The molecule has 0 amide bonds. The van der Waals surface area contributed by atoms with E-state index >= 15 is 0 Å². The van der Waals surface area contributed by atoms with Gasteiger partial charge in [-0.25, -0.2) is 0 Å². The van der Waals surface area contributed by atoms with E-state index < -0.39 is 5.97 Å². The van der Waals surface area contributed by atoms with Crippen molar-refractivity contribution >= 4 is 5.97 Å². The van der Waals surface area contributed by atoms with E-state index in [1.54, 1.807) is 0 Å². The van der Waals surface area contributed by atoms with Crippen molar-refractivity contribution in [2.45, 2.75) is 50.2 Å². The van der Waals surface area contributed by atoms with Crippen LogP contribution >= 0.6 is 0 Å². The van der Waals surface area contributed by atoms with Gasteiger partial charge in [-0.05, 0) is 12.8 Å². The summed E-state index contributed by atoms with van der Waals surface area (Å²) in [6, 6.07) is 0. The Labute approximate surface area is 89.6 Å². The van der Waals surface area contributed by atoms with Crippen LogP contribution < -0.4 is 0 Å². The summed E-state index contributed by atoms with van der Waals surface area (Å²) in [4.78, 5) is 10.6. The summed E-state index contributed by atoms with van der Waals surface area (Å²) < 4.78 is 11.4. The monoisotopic (exact) mass is 214 g/mol. The molecule has 4 heteroatoms. The van der Waals surface area contributed by atoms with Crippen LogP contribution in [-0.4, -0.2) is 36.0 Å². The first-order valence-electron chi connectivity index (χ1n) is 5.68. The van der Waals surface area contributed by atoms with Crippen LogP contribution in [0.2, 0.25) is 0 Å². The van der Waals surface area contributed by atoms with Crippen molar-refractivity contribution in [3.05, 3.63) is 0 Å². The fourth-order valence-electron chi connectivity index (χ4n) is 2.55. The maximum absolute atomic E-state index is 10.6. The number of carbonyl (C=O) groups is 1. The fourth-order valence-corrected chi connectivity index (χ4v) is 2.55. The number of carboxylic acids is 1. The normalized spacial score (nSPS) is 30.3. The predicted octanol–water partition coefficient (Wildman–Crippen LogP) is 1.58. The van der Waals surface area contributed by atoms with E-state index in [4.69, 9.17) is 14.6 Å². The lowest BCUT2D eigenvalue weighted by Gasteiger charge is -2.43. The molecule has 2 fully saturated rings. The van der Waals surface area contributed by atoms with Gasteiger partial charge < -0.3 is 14.6 Å². The Hall–Kier alpha value is -0.610. The number of carboxylic acid groups (broad SMARTS) is 1. The first kappa shape index (κ1) is 10.9. The third-order valence-electron chi connectivity index (χ3n) is 3.25. The molecule has 0 bridgehead atoms. The third kappa shape index (κ3) is 2.69. The molecule has 1 heterocycles. The van der Waals surface area contributed by atoms with Crippen molar-refractivity contribution in [3.8, 4) is 0 Å². The zero-order valence-corrected chi connectivity index (χ0v) is 8.91. The van der Waals surface area contributed by atoms with Crippen LogP contribution in [0.25, 0.3) is 0 Å². The molecule has 0 radical (unpaired) electrons. The molecule has 1 saturated heterocycles. The minimum Gasteiger partial charge on any atom is -0.481 e. The zero-order valence-electron chi connectivity index (χ0n) is 8.91. The minimum absolute atomic E-state index is 0.0573. The minimum atomic E-state index is -0.809. The van der Waals surface area contributed by atoms with Gasteiger partial charge in [0, 0.05) is 0 Å². The van der Waals surface area contributed by atoms with Crippen LogP contribution in [-0.2, 0) is 14.3 Å². The molecule has 1 spiro atoms. The van der Waals surface area contributed by atoms with Crippen molar-refractivity contribution in [3.63, 3.8) is 0 Å². The lowest BCUT2D eigenvalue weighted by molar-refractivity contribution is -0.213. The Balaban J connectivity index is 1.93. The summed E-state index contributed by atoms with van der Waals surface area (Å²) in [6.45, 7) is 1.07. The number of rotatable bonds is 2. The van der Waals surface area contributed by atoms with E-state index in [-0.39, 0.29) is 18.1 Å². The summed E-state index contributed by atoms with van der Waals surface area (Å²) in [7, 11) is 0. The molecule has 1 saturated carbocycles. The quantitative estimate of drug-likeness (QED) is 0.758. The van der Waals surface area contributed by atoms with Crippen molar-refractivity contribution in [2.75, 3.05) is 13.2 Å². The van der Waals surface area contributed by atoms with E-state index in [0.717, 1.165) is 12.8 Å². The van der Waals surface area contributed by atoms with Gasteiger partial charge in [0.15, 0.2) is 0 Å². The highest BCUT2D eigenvalue weighted by atomic mass is 16.6. The maximum atomic E-state index is 10.6. The fraction of sp³-hybridized carbons (Fsp3) is 0.909. The molecule has 15 heavy (non-hydrogen) atoms. The highest BCUT2D eigenvalue weighted by Crippen LogP contribution is 2.35. The van der Waals surface area contributed by atoms with Gasteiger partial charge in [-0.15, -0.1) is 0 Å². The first-order valence-corrected chi connectivity index (χ1v) is 5.68. The topological polar surface area (TPSA) is 55.8 Å². The molecule has 1 aliphatic carbocycles. The molecule has 0 aromatic rings. The lowest BCUT2D eigenvalue weighted by Crippen LogP contribution is -2.49. The maximum Gasteiger partial charge on any atom is 0.306 e. The van der Waals surface area contributed by atoms with E-state index in [1.165, 1.54) is 19.3 Å². The summed E-state index contributed by atoms with van der Waals surface area (Å²) in [5.74, 6) is -0.809. The summed E-state index contributed by atoms with van der Waals surface area (Å²) in [5.41, 5.74) is -0.170. The Kier molecular flexibility index (Phi) is 3.26. The molecule has 86 valence electrons. The molecular weight excluding hydrogens is 196 g/mol. The highest BCUT2D eigenvalue weighted by molar-refractivity contribution is 5.67. The lowest BCUT2D eigenvalue weighted by atomic mass is 9.84. The van der Waals surface area contributed by atoms with Crippen LogP contribution in [0.3, 0.4) is 0 Å². The van der Waals surface area contributed by atoms with Gasteiger partial charge in [-0.3, -0.25) is 4.79 Å². The van der Waals surface area contributed by atoms with Gasteiger partial charge in [-0.1, -0.05) is 19.3 Å². The van der Waals surface area contributed by atoms with Crippen LogP contribution in [0.1, 0.15) is 38.5 Å². The number of aliphatic carboxylic acids is 1. The van der Waals surface area contributed by atoms with Gasteiger partial charge >= 0.3 is 5.97 Å². The summed E-state index contributed by atoms with van der Waals surface area (Å²) in [5, 5.41) is 8.72. The zero-order chi connectivity index (χ0) is 10.7. The van der Waals surface area contributed by atoms with E-state index in [2.05, 4.69) is 0 Å². The smallest absolute Gasteiger partial charge is 0.306 e. The van der Waals surface area contributed by atoms with Crippen molar-refractivity contribution < 1.29 is 19.4 Å². The molecule has 0 aromatic carbocycles. The van der Waals surface area contributed by atoms with Crippen LogP contribution in [0.5, 0.6) is 0 Å². The summed E-state index contributed by atoms with van der Waals surface area (Å²) in [6.07, 6.45) is 5.43. The molecule has 1 atom stereocenters. The van der Waals surface area contributed by atoms with Gasteiger partial charge in [-0.2, -0.15) is 0 Å². The molecular formula is C11H18O4. The van der Waals surface area contributed by atoms with Gasteiger partial charge in [0.1, 0.15) is 0 Å². The number of ether oxygens (including phenoxy) is 2. The Morgan fingerprint density at radius 2 is 2.07 bits per heavy atom. The second kappa shape index (κ2) is 4.49. The summed E-state index contributed by atoms with van der Waals surface area (Å²) >= 11 is 0. The van der Waals surface area contributed by atoms with E-state index in [1.807, 2.05) is 0 Å². The first-order chi connectivity index (χ1) is 7.20. The Bertz CT molecular complexity index is 227. The van der Waals surface area contributed by atoms with E-state index in [9.17, 15) is 4.79 Å². The molecule has 1 aliphatic heterocycles. The van der Waals surface area contributed by atoms with Gasteiger partial charge in [0.05, 0.1) is 31.3 Å². The molecule has 2 rings (SSSR count). The van der Waals surface area contributed by atoms with Gasteiger partial charge in [0.25, 0.3) is 0 Å². The highest BCUT2D eigenvalue weighted by Gasteiger charge is 2.39. The van der Waals surface area contributed by atoms with Crippen molar-refractivity contribution in [1.82, 2.24) is 0 Å². The average Bonchev–Trinajstić information content (AvgIpc) is 2.17. The van der Waals surface area contributed by atoms with Gasteiger partial charge in [0.2, 0.25) is 0 Å². The Morgan fingerprint density at radius 3 is 2.73 bits per heavy atom. The van der Waals surface area contributed by atoms with Crippen LogP contribution in [0, 0.1) is 0 Å². The molecule has 2 aliphatic rings. The number of hydrogen-bond donors (Lipinski definition) is 1. The van der Waals surface area contributed by atoms with Crippen LogP contribution in [0.15, 0.2) is 0 Å². The second-order valence-electron chi connectivity index (χ2n) is 4.60. The molecule has 1 N–H and O–H groups in total. The number of hydrogen-bond acceptors (Lipinski definition) is 3.